The molecule has 1 amide bonds. The number of nitrogens with one attached hydrogen (secondary N) is 1. The number of carbonyl (C=O) groups excluding carboxylic acids is 1. The first-order valence-electron chi connectivity index (χ1n) is 5.87. The Morgan fingerprint density at radius 3 is 2.47 bits per heavy atom. The molecule has 5 heteroatoms. The SMILES string of the molecule is CCC(C)(CN)NC(=O)c1c(C)nn(C)c1C. The summed E-state index contributed by atoms with van der Waals surface area (Å²) in [5.41, 5.74) is 7.61. The second-order valence-electron chi connectivity index (χ2n) is 4.74. The molecular weight excluding hydrogens is 216 g/mol. The third-order valence-electron chi connectivity index (χ3n) is 3.38. The van der Waals surface area contributed by atoms with E-state index in [2.05, 4.69) is 10.4 Å². The Balaban J connectivity index is 2.98. The summed E-state index contributed by atoms with van der Waals surface area (Å²) in [7, 11) is 1.83. The van der Waals surface area contributed by atoms with Crippen molar-refractivity contribution in [1.29, 1.82) is 0 Å². The number of hydrogen-bond acceptors (Lipinski definition) is 3. The van der Waals surface area contributed by atoms with Crippen LogP contribution in [-0.2, 0) is 7.05 Å². The van der Waals surface area contributed by atoms with Gasteiger partial charge in [0.2, 0.25) is 0 Å². The Labute approximate surface area is 102 Å². The van der Waals surface area contributed by atoms with E-state index in [9.17, 15) is 4.79 Å². The molecule has 0 fully saturated rings. The summed E-state index contributed by atoms with van der Waals surface area (Å²) in [5.74, 6) is -0.0945. The summed E-state index contributed by atoms with van der Waals surface area (Å²) in [4.78, 5) is 12.2. The maximum Gasteiger partial charge on any atom is 0.255 e. The standard InChI is InChI=1S/C12H22N4O/c1-6-12(4,7-13)14-11(17)10-8(2)15-16(5)9(10)3/h6-7,13H2,1-5H3,(H,14,17). The van der Waals surface area contributed by atoms with E-state index in [1.54, 1.807) is 4.68 Å². The zero-order chi connectivity index (χ0) is 13.2. The molecule has 1 aromatic rings. The maximum atomic E-state index is 12.2. The van der Waals surface area contributed by atoms with E-state index in [1.165, 1.54) is 0 Å². The molecule has 1 rings (SSSR count). The van der Waals surface area contributed by atoms with Crippen molar-refractivity contribution >= 4 is 5.91 Å². The van der Waals surface area contributed by atoms with Gasteiger partial charge in [-0.1, -0.05) is 6.92 Å². The fourth-order valence-corrected chi connectivity index (χ4v) is 1.72. The number of rotatable bonds is 4. The van der Waals surface area contributed by atoms with Crippen molar-refractivity contribution in [1.82, 2.24) is 15.1 Å². The lowest BCUT2D eigenvalue weighted by Crippen LogP contribution is -2.51. The van der Waals surface area contributed by atoms with Crippen molar-refractivity contribution in [2.45, 2.75) is 39.7 Å². The van der Waals surface area contributed by atoms with E-state index in [4.69, 9.17) is 5.73 Å². The Morgan fingerprint density at radius 1 is 1.53 bits per heavy atom. The van der Waals surface area contributed by atoms with Crippen molar-refractivity contribution in [3.05, 3.63) is 17.0 Å². The molecule has 0 aliphatic heterocycles. The van der Waals surface area contributed by atoms with E-state index in [0.29, 0.717) is 12.1 Å². The van der Waals surface area contributed by atoms with Crippen LogP contribution in [0.2, 0.25) is 0 Å². The van der Waals surface area contributed by atoms with Gasteiger partial charge in [-0.3, -0.25) is 9.48 Å². The van der Waals surface area contributed by atoms with E-state index < -0.39 is 0 Å². The molecule has 0 radical (unpaired) electrons. The minimum absolute atomic E-state index is 0.0945. The lowest BCUT2D eigenvalue weighted by Gasteiger charge is -2.27. The number of aromatic nitrogens is 2. The second-order valence-corrected chi connectivity index (χ2v) is 4.74. The minimum Gasteiger partial charge on any atom is -0.346 e. The Hall–Kier alpha value is -1.36. The molecule has 1 aromatic heterocycles. The molecule has 1 atom stereocenters. The highest BCUT2D eigenvalue weighted by atomic mass is 16.1. The number of nitrogens with zero attached hydrogens (tertiary/aromatic N) is 2. The Bertz CT molecular complexity index is 418. The van der Waals surface area contributed by atoms with E-state index in [1.807, 2.05) is 34.7 Å². The number of amides is 1. The molecule has 0 spiro atoms. The van der Waals surface area contributed by atoms with Gasteiger partial charge in [0.15, 0.2) is 0 Å². The summed E-state index contributed by atoms with van der Waals surface area (Å²) in [5, 5.41) is 7.22. The van der Waals surface area contributed by atoms with Gasteiger partial charge >= 0.3 is 0 Å². The average Bonchev–Trinajstić information content (AvgIpc) is 2.53. The maximum absolute atomic E-state index is 12.2. The van der Waals surface area contributed by atoms with Crippen LogP contribution in [0.1, 0.15) is 42.0 Å². The highest BCUT2D eigenvalue weighted by molar-refractivity contribution is 5.96. The average molecular weight is 238 g/mol. The van der Waals surface area contributed by atoms with E-state index in [0.717, 1.165) is 17.8 Å². The molecule has 1 unspecified atom stereocenters. The molecule has 5 nitrogen and oxygen atoms in total. The molecule has 96 valence electrons. The molecular formula is C12H22N4O. The monoisotopic (exact) mass is 238 g/mol. The van der Waals surface area contributed by atoms with E-state index in [-0.39, 0.29) is 11.4 Å². The van der Waals surface area contributed by atoms with Gasteiger partial charge in [0.05, 0.1) is 11.3 Å². The molecule has 17 heavy (non-hydrogen) atoms. The second kappa shape index (κ2) is 4.87. The van der Waals surface area contributed by atoms with Crippen LogP contribution in [0.3, 0.4) is 0 Å². The highest BCUT2D eigenvalue weighted by Crippen LogP contribution is 2.14. The molecule has 0 aromatic carbocycles. The predicted octanol–water partition coefficient (Wildman–Crippen LogP) is 0.894. The van der Waals surface area contributed by atoms with Gasteiger partial charge in [-0.2, -0.15) is 5.10 Å². The van der Waals surface area contributed by atoms with Crippen molar-refractivity contribution < 1.29 is 4.79 Å². The van der Waals surface area contributed by atoms with Gasteiger partial charge in [-0.05, 0) is 27.2 Å². The summed E-state index contributed by atoms with van der Waals surface area (Å²) in [6.45, 7) is 8.11. The van der Waals surface area contributed by atoms with Crippen LogP contribution in [-0.4, -0.2) is 27.8 Å². The summed E-state index contributed by atoms with van der Waals surface area (Å²) in [6.07, 6.45) is 0.799. The van der Waals surface area contributed by atoms with Crippen LogP contribution >= 0.6 is 0 Å². The van der Waals surface area contributed by atoms with Crippen LogP contribution < -0.4 is 11.1 Å². The zero-order valence-corrected chi connectivity index (χ0v) is 11.3. The van der Waals surface area contributed by atoms with Crippen molar-refractivity contribution in [2.24, 2.45) is 12.8 Å². The topological polar surface area (TPSA) is 72.9 Å². The van der Waals surface area contributed by atoms with Crippen molar-refractivity contribution in [2.75, 3.05) is 6.54 Å². The molecule has 0 aliphatic carbocycles. The molecule has 0 saturated heterocycles. The Kier molecular flexibility index (Phi) is 3.93. The first-order valence-corrected chi connectivity index (χ1v) is 5.87. The lowest BCUT2D eigenvalue weighted by atomic mass is 9.98. The van der Waals surface area contributed by atoms with Crippen LogP contribution in [0.15, 0.2) is 0 Å². The first kappa shape index (κ1) is 13.7. The highest BCUT2D eigenvalue weighted by Gasteiger charge is 2.26. The number of aryl methyl sites for hydroxylation is 2. The molecule has 0 bridgehead atoms. The summed E-state index contributed by atoms with van der Waals surface area (Å²) in [6, 6.07) is 0. The lowest BCUT2D eigenvalue weighted by molar-refractivity contribution is 0.0905. The third kappa shape index (κ3) is 2.66. The largest absolute Gasteiger partial charge is 0.346 e. The van der Waals surface area contributed by atoms with Crippen LogP contribution in [0, 0.1) is 13.8 Å². The number of hydrogen-bond donors (Lipinski definition) is 2. The fraction of sp³-hybridized carbons (Fsp3) is 0.667. The smallest absolute Gasteiger partial charge is 0.255 e. The molecule has 1 heterocycles. The fourth-order valence-electron chi connectivity index (χ4n) is 1.72. The number of carbonyl (C=O) groups is 1. The molecule has 0 saturated carbocycles. The summed E-state index contributed by atoms with van der Waals surface area (Å²) >= 11 is 0. The van der Waals surface area contributed by atoms with Crippen molar-refractivity contribution in [3.8, 4) is 0 Å². The van der Waals surface area contributed by atoms with Crippen LogP contribution in [0.25, 0.3) is 0 Å². The minimum atomic E-state index is -0.355. The molecule has 3 N–H and O–H groups in total. The number of nitrogens with two attached hydrogens (primary N) is 1. The molecule has 0 aliphatic rings. The van der Waals surface area contributed by atoms with Crippen molar-refractivity contribution in [3.63, 3.8) is 0 Å². The quantitative estimate of drug-likeness (QED) is 0.818. The van der Waals surface area contributed by atoms with Gasteiger partial charge < -0.3 is 11.1 Å². The van der Waals surface area contributed by atoms with Gasteiger partial charge in [-0.15, -0.1) is 0 Å². The van der Waals surface area contributed by atoms with Crippen LogP contribution in [0.4, 0.5) is 0 Å². The predicted molar refractivity (Wildman–Crippen MR) is 67.9 cm³/mol. The first-order chi connectivity index (χ1) is 7.84. The third-order valence-corrected chi connectivity index (χ3v) is 3.38. The zero-order valence-electron chi connectivity index (χ0n) is 11.3. The Morgan fingerprint density at radius 2 is 2.12 bits per heavy atom. The van der Waals surface area contributed by atoms with E-state index >= 15 is 0 Å². The van der Waals surface area contributed by atoms with Crippen LogP contribution in [0.5, 0.6) is 0 Å². The van der Waals surface area contributed by atoms with Gasteiger partial charge in [0.1, 0.15) is 0 Å². The normalized spacial score (nSPS) is 14.5. The van der Waals surface area contributed by atoms with Gasteiger partial charge in [0, 0.05) is 24.8 Å². The van der Waals surface area contributed by atoms with Gasteiger partial charge in [-0.25, -0.2) is 0 Å². The van der Waals surface area contributed by atoms with Gasteiger partial charge in [0.25, 0.3) is 5.91 Å². The summed E-state index contributed by atoms with van der Waals surface area (Å²) < 4.78 is 1.72.